The van der Waals surface area contributed by atoms with Gasteiger partial charge in [0.25, 0.3) is 0 Å². The zero-order chi connectivity index (χ0) is 14.3. The summed E-state index contributed by atoms with van der Waals surface area (Å²) in [6, 6.07) is 4.49. The van der Waals surface area contributed by atoms with Crippen LogP contribution < -0.4 is 10.1 Å². The van der Waals surface area contributed by atoms with E-state index in [9.17, 15) is 9.50 Å². The second-order valence-electron chi connectivity index (χ2n) is 5.15. The van der Waals surface area contributed by atoms with Crippen LogP contribution in [0.1, 0.15) is 32.3 Å². The molecule has 4 heteroatoms. The number of nitrogens with one attached hydrogen (secondary N) is 1. The molecule has 1 atom stereocenters. The largest absolute Gasteiger partial charge is 0.493 e. The van der Waals surface area contributed by atoms with E-state index in [2.05, 4.69) is 12.2 Å². The van der Waals surface area contributed by atoms with E-state index in [4.69, 9.17) is 4.74 Å². The lowest BCUT2D eigenvalue weighted by atomic mass is 9.99. The Morgan fingerprint density at radius 2 is 2.16 bits per heavy atom. The summed E-state index contributed by atoms with van der Waals surface area (Å²) in [5.74, 6) is 0.437. The monoisotopic (exact) mass is 269 g/mol. The van der Waals surface area contributed by atoms with Crippen molar-refractivity contribution in [1.29, 1.82) is 0 Å². The van der Waals surface area contributed by atoms with Crippen LogP contribution in [0.3, 0.4) is 0 Å². The number of aliphatic hydroxyl groups is 1. The van der Waals surface area contributed by atoms with Gasteiger partial charge >= 0.3 is 0 Å². The molecule has 1 aromatic carbocycles. The minimum atomic E-state index is -0.329. The lowest BCUT2D eigenvalue weighted by Gasteiger charge is -2.28. The molecule has 0 heterocycles. The van der Waals surface area contributed by atoms with E-state index in [0.717, 1.165) is 18.5 Å². The minimum Gasteiger partial charge on any atom is -0.493 e. The number of hydrogen-bond acceptors (Lipinski definition) is 3. The van der Waals surface area contributed by atoms with E-state index < -0.39 is 0 Å². The Morgan fingerprint density at radius 3 is 2.74 bits per heavy atom. The minimum absolute atomic E-state index is 0.0682. The van der Waals surface area contributed by atoms with Crippen molar-refractivity contribution >= 4 is 0 Å². The fraction of sp³-hybridized carbons (Fsp3) is 0.600. The molecule has 0 amide bonds. The molecule has 0 saturated heterocycles. The normalized spacial score (nSPS) is 14.2. The molecule has 2 N–H and O–H groups in total. The van der Waals surface area contributed by atoms with E-state index in [-0.39, 0.29) is 18.0 Å². The lowest BCUT2D eigenvalue weighted by Crippen LogP contribution is -2.47. The fourth-order valence-corrected chi connectivity index (χ4v) is 1.81. The number of benzene rings is 1. The predicted molar refractivity (Wildman–Crippen MR) is 75.0 cm³/mol. The van der Waals surface area contributed by atoms with Crippen molar-refractivity contribution < 1.29 is 14.2 Å². The van der Waals surface area contributed by atoms with Crippen LogP contribution in [0.4, 0.5) is 4.39 Å². The molecule has 108 valence electrons. The zero-order valence-corrected chi connectivity index (χ0v) is 12.0. The van der Waals surface area contributed by atoms with Crippen molar-refractivity contribution in [2.24, 2.45) is 0 Å². The molecule has 0 spiro atoms. The van der Waals surface area contributed by atoms with Gasteiger partial charge in [0.1, 0.15) is 11.6 Å². The Labute approximate surface area is 114 Å². The maximum absolute atomic E-state index is 13.0. The van der Waals surface area contributed by atoms with Gasteiger partial charge in [0.05, 0.1) is 13.2 Å². The Kier molecular flexibility index (Phi) is 6.25. The average Bonchev–Trinajstić information content (AvgIpc) is 2.39. The van der Waals surface area contributed by atoms with Gasteiger partial charge in [-0.15, -0.1) is 0 Å². The summed E-state index contributed by atoms with van der Waals surface area (Å²) >= 11 is 0. The highest BCUT2D eigenvalue weighted by Gasteiger charge is 2.22. The highest BCUT2D eigenvalue weighted by atomic mass is 19.1. The van der Waals surface area contributed by atoms with Crippen LogP contribution in [0.15, 0.2) is 18.2 Å². The summed E-state index contributed by atoms with van der Waals surface area (Å²) < 4.78 is 18.6. The molecule has 0 aromatic heterocycles. The van der Waals surface area contributed by atoms with Crippen LogP contribution in [-0.4, -0.2) is 30.4 Å². The highest BCUT2D eigenvalue weighted by molar-refractivity contribution is 5.32. The first-order valence-corrected chi connectivity index (χ1v) is 6.75. The summed E-state index contributed by atoms with van der Waals surface area (Å²) in [5.41, 5.74) is 0.455. The highest BCUT2D eigenvalue weighted by Crippen LogP contribution is 2.19. The summed E-state index contributed by atoms with van der Waals surface area (Å²) in [6.45, 7) is 7.30. The summed E-state index contributed by atoms with van der Waals surface area (Å²) in [4.78, 5) is 0. The molecule has 19 heavy (non-hydrogen) atoms. The third kappa shape index (κ3) is 5.17. The van der Waals surface area contributed by atoms with Crippen LogP contribution in [0, 0.1) is 12.7 Å². The molecular formula is C15H24FNO2. The van der Waals surface area contributed by atoms with Crippen molar-refractivity contribution in [2.75, 3.05) is 19.8 Å². The van der Waals surface area contributed by atoms with Crippen LogP contribution in [0.2, 0.25) is 0 Å². The molecule has 0 saturated carbocycles. The van der Waals surface area contributed by atoms with Crippen molar-refractivity contribution in [3.8, 4) is 5.75 Å². The van der Waals surface area contributed by atoms with E-state index in [1.165, 1.54) is 12.1 Å². The Morgan fingerprint density at radius 1 is 1.42 bits per heavy atom. The molecular weight excluding hydrogens is 245 g/mol. The summed E-state index contributed by atoms with van der Waals surface area (Å²) in [5, 5.41) is 12.7. The Hall–Kier alpha value is -1.13. The number of halogens is 1. The van der Waals surface area contributed by atoms with Gasteiger partial charge in [0.2, 0.25) is 0 Å². The molecule has 3 nitrogen and oxygen atoms in total. The molecule has 1 aromatic rings. The Bertz CT molecular complexity index is 398. The van der Waals surface area contributed by atoms with Gasteiger partial charge < -0.3 is 15.2 Å². The number of ether oxygens (including phenoxy) is 1. The lowest BCUT2D eigenvalue weighted by molar-refractivity contribution is 0.144. The van der Waals surface area contributed by atoms with Crippen LogP contribution >= 0.6 is 0 Å². The number of aliphatic hydroxyl groups excluding tert-OH is 1. The van der Waals surface area contributed by atoms with Gasteiger partial charge in [-0.2, -0.15) is 0 Å². The molecule has 0 fully saturated rings. The summed E-state index contributed by atoms with van der Waals surface area (Å²) in [7, 11) is 0. The van der Waals surface area contributed by atoms with Crippen molar-refractivity contribution in [3.63, 3.8) is 0 Å². The predicted octanol–water partition coefficient (Wildman–Crippen LogP) is 2.65. The molecule has 1 rings (SSSR count). The van der Waals surface area contributed by atoms with Crippen molar-refractivity contribution in [3.05, 3.63) is 29.6 Å². The fourth-order valence-electron chi connectivity index (χ4n) is 1.81. The molecule has 0 radical (unpaired) electrons. The first-order chi connectivity index (χ1) is 9.00. The quantitative estimate of drug-likeness (QED) is 0.762. The van der Waals surface area contributed by atoms with Gasteiger partial charge in [-0.1, -0.05) is 6.92 Å². The maximum atomic E-state index is 13.0. The van der Waals surface area contributed by atoms with Gasteiger partial charge in [-0.25, -0.2) is 4.39 Å². The SMILES string of the molecule is CCCNC(C)(CO)CCOc1ccc(F)cc1C. The molecule has 0 aliphatic rings. The third-order valence-electron chi connectivity index (χ3n) is 3.20. The molecule has 0 aliphatic heterocycles. The molecule has 0 bridgehead atoms. The summed E-state index contributed by atoms with van der Waals surface area (Å²) in [6.07, 6.45) is 1.72. The first-order valence-electron chi connectivity index (χ1n) is 6.75. The van der Waals surface area contributed by atoms with Crippen molar-refractivity contribution in [1.82, 2.24) is 5.32 Å². The average molecular weight is 269 g/mol. The second-order valence-corrected chi connectivity index (χ2v) is 5.15. The van der Waals surface area contributed by atoms with Crippen LogP contribution in [-0.2, 0) is 0 Å². The van der Waals surface area contributed by atoms with E-state index in [1.807, 2.05) is 13.8 Å². The van der Waals surface area contributed by atoms with Gasteiger partial charge in [0, 0.05) is 12.0 Å². The number of hydrogen-bond donors (Lipinski definition) is 2. The molecule has 0 aliphatic carbocycles. The maximum Gasteiger partial charge on any atom is 0.123 e. The van der Waals surface area contributed by atoms with Gasteiger partial charge in [0.15, 0.2) is 0 Å². The van der Waals surface area contributed by atoms with Gasteiger partial charge in [-0.05, 0) is 50.6 Å². The van der Waals surface area contributed by atoms with E-state index in [1.54, 1.807) is 6.07 Å². The first kappa shape index (κ1) is 15.9. The molecule has 1 unspecified atom stereocenters. The van der Waals surface area contributed by atoms with Crippen molar-refractivity contribution in [2.45, 2.75) is 39.2 Å². The second kappa shape index (κ2) is 7.46. The number of aryl methyl sites for hydroxylation is 1. The van der Waals surface area contributed by atoms with Crippen LogP contribution in [0.5, 0.6) is 5.75 Å². The standard InChI is InChI=1S/C15H24FNO2/c1-4-8-17-15(3,11-18)7-9-19-14-6-5-13(16)10-12(14)2/h5-6,10,17-18H,4,7-9,11H2,1-3H3. The topological polar surface area (TPSA) is 41.5 Å². The smallest absolute Gasteiger partial charge is 0.123 e. The van der Waals surface area contributed by atoms with Gasteiger partial charge in [-0.3, -0.25) is 0 Å². The Balaban J connectivity index is 2.47. The van der Waals surface area contributed by atoms with E-state index in [0.29, 0.717) is 18.8 Å². The third-order valence-corrected chi connectivity index (χ3v) is 3.20. The zero-order valence-electron chi connectivity index (χ0n) is 12.0. The van der Waals surface area contributed by atoms with Crippen LogP contribution in [0.25, 0.3) is 0 Å². The number of rotatable bonds is 8. The van der Waals surface area contributed by atoms with E-state index >= 15 is 0 Å².